The van der Waals surface area contributed by atoms with Gasteiger partial charge < -0.3 is 29.7 Å². The number of ether oxygens (including phenoxy) is 1. The lowest BCUT2D eigenvalue weighted by Gasteiger charge is -2.42. The summed E-state index contributed by atoms with van der Waals surface area (Å²) >= 11 is 5.40. The molecule has 130 valence electrons. The van der Waals surface area contributed by atoms with Crippen molar-refractivity contribution in [1.29, 1.82) is 5.26 Å². The monoisotopic (exact) mass is 352 g/mol. The molecule has 1 aromatic heterocycles. The molecule has 4 N–H and O–H groups in total. The zero-order valence-electron chi connectivity index (χ0n) is 13.0. The normalized spacial score (nSPS) is 32.9. The first-order chi connectivity index (χ1) is 11.5. The van der Waals surface area contributed by atoms with Crippen molar-refractivity contribution in [2.45, 2.75) is 56.3 Å². The number of rotatable bonds is 2. The van der Waals surface area contributed by atoms with Crippen molar-refractivity contribution < 1.29 is 25.2 Å². The maximum absolute atomic E-state index is 10.4. The first kappa shape index (κ1) is 17.5. The van der Waals surface area contributed by atoms with Crippen LogP contribution in [0, 0.1) is 16.0 Å². The van der Waals surface area contributed by atoms with E-state index in [0.29, 0.717) is 5.56 Å². The molecule has 1 saturated heterocycles. The van der Waals surface area contributed by atoms with Crippen molar-refractivity contribution in [3.8, 4) is 6.07 Å². The lowest BCUT2D eigenvalue weighted by atomic mass is 9.93. The predicted molar refractivity (Wildman–Crippen MR) is 85.6 cm³/mol. The van der Waals surface area contributed by atoms with Gasteiger partial charge in [0.25, 0.3) is 0 Å². The van der Waals surface area contributed by atoms with Gasteiger partial charge in [0.1, 0.15) is 35.1 Å². The smallest absolute Gasteiger partial charge is 0.164 e. The van der Waals surface area contributed by atoms with Crippen molar-refractivity contribution in [2.75, 3.05) is 6.61 Å². The van der Waals surface area contributed by atoms with E-state index in [-0.39, 0.29) is 4.64 Å². The number of pyridine rings is 1. The van der Waals surface area contributed by atoms with Gasteiger partial charge in [0.05, 0.1) is 12.2 Å². The lowest BCUT2D eigenvalue weighted by Crippen LogP contribution is -2.56. The zero-order chi connectivity index (χ0) is 17.4. The molecule has 1 fully saturated rings. The van der Waals surface area contributed by atoms with Gasteiger partial charge >= 0.3 is 0 Å². The summed E-state index contributed by atoms with van der Waals surface area (Å²) in [6.07, 6.45) is -2.92. The van der Waals surface area contributed by atoms with Crippen LogP contribution in [0.15, 0.2) is 6.07 Å². The fraction of sp³-hybridized carbons (Fsp3) is 0.625. The number of hydrogen-bond acceptors (Lipinski definition) is 7. The number of aromatic nitrogens is 1. The minimum Gasteiger partial charge on any atom is -0.394 e. The van der Waals surface area contributed by atoms with Crippen LogP contribution >= 0.6 is 12.2 Å². The Bertz CT molecular complexity index is 726. The first-order valence-corrected chi connectivity index (χ1v) is 8.38. The Morgan fingerprint density at radius 3 is 2.58 bits per heavy atom. The van der Waals surface area contributed by atoms with E-state index in [1.165, 1.54) is 0 Å². The fourth-order valence-electron chi connectivity index (χ4n) is 3.48. The number of hydrogen-bond donors (Lipinski definition) is 4. The highest BCUT2D eigenvalue weighted by Crippen LogP contribution is 2.33. The third-order valence-corrected chi connectivity index (χ3v) is 5.20. The van der Waals surface area contributed by atoms with Crippen LogP contribution in [0.25, 0.3) is 0 Å². The molecule has 0 aromatic carbocycles. The van der Waals surface area contributed by atoms with E-state index in [2.05, 4.69) is 6.07 Å². The van der Waals surface area contributed by atoms with Crippen molar-refractivity contribution in [1.82, 2.24) is 4.57 Å². The van der Waals surface area contributed by atoms with Crippen LogP contribution in [-0.2, 0) is 17.6 Å². The van der Waals surface area contributed by atoms with Gasteiger partial charge in [-0.25, -0.2) is 0 Å². The molecular weight excluding hydrogens is 332 g/mol. The third kappa shape index (κ3) is 2.77. The van der Waals surface area contributed by atoms with Crippen LogP contribution in [0.2, 0.25) is 0 Å². The van der Waals surface area contributed by atoms with Gasteiger partial charge in [-0.3, -0.25) is 0 Å². The van der Waals surface area contributed by atoms with Crippen LogP contribution in [-0.4, -0.2) is 56.0 Å². The summed E-state index contributed by atoms with van der Waals surface area (Å²) in [4.78, 5) is 0. The van der Waals surface area contributed by atoms with E-state index < -0.39 is 37.3 Å². The molecule has 2 aliphatic rings. The van der Waals surface area contributed by atoms with Gasteiger partial charge in [-0.15, -0.1) is 0 Å². The van der Waals surface area contributed by atoms with Gasteiger partial charge in [0.15, 0.2) is 6.23 Å². The highest BCUT2D eigenvalue weighted by atomic mass is 32.1. The van der Waals surface area contributed by atoms with E-state index in [4.69, 9.17) is 17.0 Å². The average Bonchev–Trinajstić information content (AvgIpc) is 2.60. The predicted octanol–water partition coefficient (Wildman–Crippen LogP) is -0.0595. The summed E-state index contributed by atoms with van der Waals surface area (Å²) in [5.74, 6) is 0. The summed E-state index contributed by atoms with van der Waals surface area (Å²) in [7, 11) is 0. The van der Waals surface area contributed by atoms with Crippen molar-refractivity contribution in [3.63, 3.8) is 0 Å². The molecule has 0 amide bonds. The molecule has 1 aliphatic carbocycles. The second kappa shape index (κ2) is 6.88. The molecule has 24 heavy (non-hydrogen) atoms. The van der Waals surface area contributed by atoms with E-state index >= 15 is 0 Å². The minimum atomic E-state index is -1.48. The summed E-state index contributed by atoms with van der Waals surface area (Å²) in [6.45, 7) is -0.505. The minimum absolute atomic E-state index is 0.225. The van der Waals surface area contributed by atoms with E-state index in [0.717, 1.165) is 36.9 Å². The van der Waals surface area contributed by atoms with E-state index in [1.54, 1.807) is 10.6 Å². The molecule has 0 unspecified atom stereocenters. The number of fused-ring (bicyclic) bond motifs is 1. The van der Waals surface area contributed by atoms with Crippen LogP contribution in [0.1, 0.15) is 35.9 Å². The highest BCUT2D eigenvalue weighted by Gasteiger charge is 2.45. The molecule has 1 aromatic rings. The molecule has 0 saturated carbocycles. The third-order valence-electron chi connectivity index (χ3n) is 4.78. The van der Waals surface area contributed by atoms with Crippen LogP contribution < -0.4 is 0 Å². The number of aliphatic hydroxyl groups excluding tert-OH is 4. The van der Waals surface area contributed by atoms with Gasteiger partial charge in [-0.1, -0.05) is 12.2 Å². The number of nitrogens with zero attached hydrogens (tertiary/aromatic N) is 2. The lowest BCUT2D eigenvalue weighted by molar-refractivity contribution is -0.252. The molecule has 8 heteroatoms. The van der Waals surface area contributed by atoms with Gasteiger partial charge in [0, 0.05) is 5.69 Å². The fourth-order valence-corrected chi connectivity index (χ4v) is 3.79. The van der Waals surface area contributed by atoms with Crippen LogP contribution in [0.3, 0.4) is 0 Å². The molecule has 1 aliphatic heterocycles. The van der Waals surface area contributed by atoms with Crippen molar-refractivity contribution >= 4 is 12.2 Å². The van der Waals surface area contributed by atoms with Gasteiger partial charge in [0.2, 0.25) is 0 Å². The Morgan fingerprint density at radius 1 is 1.21 bits per heavy atom. The maximum Gasteiger partial charge on any atom is 0.164 e. The average molecular weight is 352 g/mol. The Kier molecular flexibility index (Phi) is 5.01. The van der Waals surface area contributed by atoms with Crippen molar-refractivity contribution in [2.24, 2.45) is 0 Å². The SMILES string of the molecule is N#Cc1cc2c(n([C@@H]3O[C@H](CO)[C@@H](O)[C@H](O)[C@H]3O)c1=S)CCCC2. The zero-order valence-corrected chi connectivity index (χ0v) is 13.8. The van der Waals surface area contributed by atoms with Gasteiger partial charge in [-0.2, -0.15) is 5.26 Å². The largest absolute Gasteiger partial charge is 0.394 e. The molecular formula is C16H20N2O5S. The summed E-state index contributed by atoms with van der Waals surface area (Å²) in [5.41, 5.74) is 2.15. The van der Waals surface area contributed by atoms with E-state index in [1.807, 2.05) is 0 Å². The van der Waals surface area contributed by atoms with Crippen molar-refractivity contribution in [3.05, 3.63) is 27.5 Å². The topological polar surface area (TPSA) is 119 Å². The summed E-state index contributed by atoms with van der Waals surface area (Å²) < 4.78 is 7.44. The molecule has 0 radical (unpaired) electrons. The Balaban J connectivity index is 2.14. The molecule has 3 rings (SSSR count). The maximum atomic E-state index is 10.4. The Hall–Kier alpha value is -1.34. The van der Waals surface area contributed by atoms with Gasteiger partial charge in [-0.05, 0) is 37.3 Å². The molecule has 0 spiro atoms. The molecule has 5 atom stereocenters. The second-order valence-corrected chi connectivity index (χ2v) is 6.63. The second-order valence-electron chi connectivity index (χ2n) is 6.24. The summed E-state index contributed by atoms with van der Waals surface area (Å²) in [6, 6.07) is 3.84. The number of nitriles is 1. The Labute approximate surface area is 144 Å². The first-order valence-electron chi connectivity index (χ1n) is 7.97. The van der Waals surface area contributed by atoms with Crippen LogP contribution in [0.4, 0.5) is 0 Å². The Morgan fingerprint density at radius 2 is 1.92 bits per heavy atom. The summed E-state index contributed by atoms with van der Waals surface area (Å²) in [5, 5.41) is 49.1. The molecule has 0 bridgehead atoms. The van der Waals surface area contributed by atoms with Crippen LogP contribution in [0.5, 0.6) is 0 Å². The van der Waals surface area contributed by atoms with E-state index in [9.17, 15) is 25.7 Å². The molecule has 2 heterocycles. The highest BCUT2D eigenvalue weighted by molar-refractivity contribution is 7.71. The standard InChI is InChI=1S/C16H20N2O5S/c17-6-9-5-8-3-1-2-4-10(8)18(16(9)24)15-14(22)13(21)12(20)11(7-19)23-15/h5,11-15,19-22H,1-4,7H2/t11-,12-,13+,14-,15-/m1/s1. The number of aliphatic hydroxyl groups is 4. The quantitative estimate of drug-likeness (QED) is 0.551. The molecule has 7 nitrogen and oxygen atoms in total. The number of aryl methyl sites for hydroxylation is 1.